The number of nitriles is 1. The number of carbonyl (C=O) groups is 1. The van der Waals surface area contributed by atoms with Crippen molar-refractivity contribution in [3.05, 3.63) is 64.8 Å². The molecule has 1 amide bonds. The van der Waals surface area contributed by atoms with E-state index < -0.39 is 5.91 Å². The normalized spacial score (nSPS) is 10.1. The average molecular weight is 354 g/mol. The second-order valence-corrected chi connectivity index (χ2v) is 5.42. The lowest BCUT2D eigenvalue weighted by molar-refractivity contribution is 0.102. The molecule has 8 heteroatoms. The minimum Gasteiger partial charge on any atom is -0.497 e. The lowest BCUT2D eigenvalue weighted by Crippen LogP contribution is -2.12. The van der Waals surface area contributed by atoms with Gasteiger partial charge in [-0.05, 0) is 30.3 Å². The van der Waals surface area contributed by atoms with Crippen LogP contribution in [0, 0.1) is 11.3 Å². The van der Waals surface area contributed by atoms with E-state index in [4.69, 9.17) is 21.6 Å². The van der Waals surface area contributed by atoms with Crippen LogP contribution in [0.2, 0.25) is 5.02 Å². The molecule has 0 bridgehead atoms. The Bertz CT molecular complexity index is 977. The molecule has 0 saturated carbocycles. The molecule has 0 fully saturated rings. The predicted octanol–water partition coefficient (Wildman–Crippen LogP) is 3.05. The minimum absolute atomic E-state index is 0.218. The Balaban J connectivity index is 1.78. The number of carbonyl (C=O) groups excluding carboxylic acids is 1. The maximum atomic E-state index is 12.3. The van der Waals surface area contributed by atoms with Crippen molar-refractivity contribution in [2.75, 3.05) is 12.4 Å². The van der Waals surface area contributed by atoms with Crippen molar-refractivity contribution < 1.29 is 9.53 Å². The number of nitrogens with zero attached hydrogens (tertiary/aromatic N) is 4. The molecular weight excluding hydrogens is 342 g/mol. The number of benzene rings is 2. The summed E-state index contributed by atoms with van der Waals surface area (Å²) in [7, 11) is 1.58. The Kier molecular flexibility index (Phi) is 4.64. The van der Waals surface area contributed by atoms with Crippen molar-refractivity contribution in [1.29, 1.82) is 5.26 Å². The Morgan fingerprint density at radius 1 is 1.32 bits per heavy atom. The van der Waals surface area contributed by atoms with Gasteiger partial charge in [-0.1, -0.05) is 22.9 Å². The Hall–Kier alpha value is -3.37. The molecule has 124 valence electrons. The summed E-state index contributed by atoms with van der Waals surface area (Å²) in [4.78, 5) is 12.3. The first-order chi connectivity index (χ1) is 12.1. The quantitative estimate of drug-likeness (QED) is 0.778. The number of aromatic nitrogens is 3. The summed E-state index contributed by atoms with van der Waals surface area (Å²) < 4.78 is 6.69. The predicted molar refractivity (Wildman–Crippen MR) is 92.0 cm³/mol. The number of methoxy groups -OCH3 is 1. The number of rotatable bonds is 4. The van der Waals surface area contributed by atoms with Crippen LogP contribution in [0.4, 0.5) is 5.82 Å². The molecule has 25 heavy (non-hydrogen) atoms. The van der Waals surface area contributed by atoms with Gasteiger partial charge in [0.1, 0.15) is 11.8 Å². The van der Waals surface area contributed by atoms with E-state index in [0.717, 1.165) is 5.69 Å². The van der Waals surface area contributed by atoms with Gasteiger partial charge in [0, 0.05) is 11.6 Å². The van der Waals surface area contributed by atoms with E-state index in [2.05, 4.69) is 15.6 Å². The van der Waals surface area contributed by atoms with Gasteiger partial charge >= 0.3 is 0 Å². The maximum absolute atomic E-state index is 12.3. The van der Waals surface area contributed by atoms with Crippen molar-refractivity contribution in [1.82, 2.24) is 15.0 Å². The molecule has 2 aromatic carbocycles. The van der Waals surface area contributed by atoms with Crippen molar-refractivity contribution >= 4 is 23.3 Å². The van der Waals surface area contributed by atoms with E-state index in [1.807, 2.05) is 24.3 Å². The number of hydrogen-bond acceptors (Lipinski definition) is 5. The molecule has 3 rings (SSSR count). The highest BCUT2D eigenvalue weighted by Gasteiger charge is 2.11. The number of nitrogens with one attached hydrogen (secondary N) is 1. The van der Waals surface area contributed by atoms with Gasteiger partial charge in [0.15, 0.2) is 5.82 Å². The molecule has 1 aromatic heterocycles. The topological polar surface area (TPSA) is 92.8 Å². The number of anilines is 1. The lowest BCUT2D eigenvalue weighted by Gasteiger charge is -2.04. The van der Waals surface area contributed by atoms with Crippen molar-refractivity contribution in [2.24, 2.45) is 0 Å². The van der Waals surface area contributed by atoms with E-state index in [9.17, 15) is 4.79 Å². The molecule has 7 nitrogen and oxygen atoms in total. The van der Waals surface area contributed by atoms with Crippen LogP contribution in [0.25, 0.3) is 5.69 Å². The summed E-state index contributed by atoms with van der Waals surface area (Å²) in [6.45, 7) is 0. The van der Waals surface area contributed by atoms with Crippen LogP contribution in [-0.2, 0) is 0 Å². The fourth-order valence-corrected chi connectivity index (χ4v) is 2.36. The third-order valence-corrected chi connectivity index (χ3v) is 3.72. The lowest BCUT2D eigenvalue weighted by atomic mass is 10.1. The highest BCUT2D eigenvalue weighted by Crippen LogP contribution is 2.19. The first-order valence-corrected chi connectivity index (χ1v) is 7.56. The van der Waals surface area contributed by atoms with Crippen LogP contribution in [-0.4, -0.2) is 28.0 Å². The highest BCUT2D eigenvalue weighted by atomic mass is 35.5. The van der Waals surface area contributed by atoms with E-state index in [-0.39, 0.29) is 10.8 Å². The standard InChI is InChI=1S/C17H12ClN5O2/c1-25-14-4-2-3-13(8-14)23-10-16(21-22-23)20-17(24)11-5-6-12(9-19)15(18)7-11/h2-8,10H,1H3,(H,20,24). The molecule has 0 aliphatic heterocycles. The van der Waals surface area contributed by atoms with Crippen molar-refractivity contribution in [2.45, 2.75) is 0 Å². The van der Waals surface area contributed by atoms with E-state index in [1.54, 1.807) is 19.4 Å². The second kappa shape index (κ2) is 7.03. The number of amides is 1. The smallest absolute Gasteiger partial charge is 0.256 e. The molecule has 0 atom stereocenters. The zero-order chi connectivity index (χ0) is 17.8. The van der Waals surface area contributed by atoms with Gasteiger partial charge in [-0.2, -0.15) is 5.26 Å². The Morgan fingerprint density at radius 2 is 2.16 bits per heavy atom. The second-order valence-electron chi connectivity index (χ2n) is 5.01. The summed E-state index contributed by atoms with van der Waals surface area (Å²) in [5.41, 5.74) is 1.37. The van der Waals surface area contributed by atoms with Crippen LogP contribution >= 0.6 is 11.6 Å². The molecule has 0 spiro atoms. The summed E-state index contributed by atoms with van der Waals surface area (Å²) >= 11 is 5.94. The molecule has 1 heterocycles. The van der Waals surface area contributed by atoms with Crippen LogP contribution in [0.3, 0.4) is 0 Å². The van der Waals surface area contributed by atoms with Gasteiger partial charge < -0.3 is 10.1 Å². The Morgan fingerprint density at radius 3 is 2.88 bits per heavy atom. The third-order valence-electron chi connectivity index (χ3n) is 3.40. The fraction of sp³-hybridized carbons (Fsp3) is 0.0588. The van der Waals surface area contributed by atoms with Gasteiger partial charge in [-0.3, -0.25) is 4.79 Å². The molecule has 0 unspecified atom stereocenters. The van der Waals surface area contributed by atoms with Crippen LogP contribution < -0.4 is 10.1 Å². The zero-order valence-electron chi connectivity index (χ0n) is 13.1. The minimum atomic E-state index is -0.399. The highest BCUT2D eigenvalue weighted by molar-refractivity contribution is 6.32. The van der Waals surface area contributed by atoms with Gasteiger partial charge in [0.25, 0.3) is 5.91 Å². The largest absolute Gasteiger partial charge is 0.497 e. The number of ether oxygens (including phenoxy) is 1. The molecule has 0 saturated heterocycles. The number of hydrogen-bond donors (Lipinski definition) is 1. The monoisotopic (exact) mass is 353 g/mol. The zero-order valence-corrected chi connectivity index (χ0v) is 13.9. The summed E-state index contributed by atoms with van der Waals surface area (Å²) in [5.74, 6) is 0.572. The summed E-state index contributed by atoms with van der Waals surface area (Å²) in [5, 5.41) is 19.6. The summed E-state index contributed by atoms with van der Waals surface area (Å²) in [6.07, 6.45) is 1.58. The third kappa shape index (κ3) is 3.59. The van der Waals surface area contributed by atoms with Crippen molar-refractivity contribution in [3.63, 3.8) is 0 Å². The molecule has 3 aromatic rings. The average Bonchev–Trinajstić information content (AvgIpc) is 3.10. The SMILES string of the molecule is COc1cccc(-n2cc(NC(=O)c3ccc(C#N)c(Cl)c3)nn2)c1. The molecule has 0 aliphatic carbocycles. The van der Waals surface area contributed by atoms with Crippen LogP contribution in [0.1, 0.15) is 15.9 Å². The van der Waals surface area contributed by atoms with Gasteiger partial charge in [-0.25, -0.2) is 4.68 Å². The maximum Gasteiger partial charge on any atom is 0.256 e. The van der Waals surface area contributed by atoms with E-state index in [0.29, 0.717) is 16.9 Å². The Labute approximate surface area is 148 Å². The van der Waals surface area contributed by atoms with Gasteiger partial charge in [0.2, 0.25) is 0 Å². The number of halogens is 1. The van der Waals surface area contributed by atoms with Crippen LogP contribution in [0.15, 0.2) is 48.7 Å². The fourth-order valence-electron chi connectivity index (χ4n) is 2.14. The van der Waals surface area contributed by atoms with E-state index in [1.165, 1.54) is 22.9 Å². The first kappa shape index (κ1) is 16.5. The molecule has 1 N–H and O–H groups in total. The summed E-state index contributed by atoms with van der Waals surface area (Å²) in [6, 6.07) is 13.7. The van der Waals surface area contributed by atoms with Gasteiger partial charge in [0.05, 0.1) is 29.6 Å². The van der Waals surface area contributed by atoms with Crippen LogP contribution in [0.5, 0.6) is 5.75 Å². The van der Waals surface area contributed by atoms with Crippen molar-refractivity contribution in [3.8, 4) is 17.5 Å². The molecule has 0 radical (unpaired) electrons. The van der Waals surface area contributed by atoms with Gasteiger partial charge in [-0.15, -0.1) is 5.10 Å². The first-order valence-electron chi connectivity index (χ1n) is 7.18. The molecule has 0 aliphatic rings. The molecular formula is C17H12ClN5O2. The van der Waals surface area contributed by atoms with E-state index >= 15 is 0 Å².